The molecule has 4 heteroatoms. The summed E-state index contributed by atoms with van der Waals surface area (Å²) in [6.07, 6.45) is 7.46. The Morgan fingerprint density at radius 1 is 0.917 bits per heavy atom. The van der Waals surface area contributed by atoms with Crippen molar-refractivity contribution in [1.29, 1.82) is 0 Å². The Morgan fingerprint density at radius 3 is 1.58 bits per heavy atom. The monoisotopic (exact) mass is 242 g/mol. The van der Waals surface area contributed by atoms with E-state index in [1.54, 1.807) is 0 Å². The van der Waals surface area contributed by atoms with Crippen LogP contribution >= 0.6 is 33.2 Å². The van der Waals surface area contributed by atoms with E-state index in [0.29, 0.717) is 0 Å². The van der Waals surface area contributed by atoms with E-state index >= 15 is 0 Å². The van der Waals surface area contributed by atoms with Crippen molar-refractivity contribution in [2.75, 3.05) is 0 Å². The lowest BCUT2D eigenvalue weighted by Gasteiger charge is -2.49. The summed E-state index contributed by atoms with van der Waals surface area (Å²) in [5.41, 5.74) is 0. The molecule has 0 aromatic rings. The van der Waals surface area contributed by atoms with Crippen molar-refractivity contribution in [2.24, 2.45) is 5.92 Å². The van der Waals surface area contributed by atoms with Crippen LogP contribution in [-0.2, 0) is 0 Å². The van der Waals surface area contributed by atoms with Crippen molar-refractivity contribution in [3.05, 3.63) is 0 Å². The fourth-order valence-electron chi connectivity index (χ4n) is 2.67. The SMILES string of the molecule is Cl[Si](Cl)(Cl)C12CCC(CC1)CC2. The molecule has 3 saturated carbocycles. The molecule has 0 aromatic carbocycles. The van der Waals surface area contributed by atoms with Crippen molar-refractivity contribution < 1.29 is 0 Å². The third-order valence-electron chi connectivity index (χ3n) is 3.69. The van der Waals surface area contributed by atoms with Gasteiger partial charge in [0.25, 0.3) is 0 Å². The molecule has 0 spiro atoms. The molecule has 2 bridgehead atoms. The predicted octanol–water partition coefficient (Wildman–Crippen LogP) is 4.37. The van der Waals surface area contributed by atoms with Gasteiger partial charge in [-0.25, -0.2) is 0 Å². The molecule has 0 nitrogen and oxygen atoms in total. The maximum absolute atomic E-state index is 6.16. The first-order valence-corrected chi connectivity index (χ1v) is 9.64. The minimum absolute atomic E-state index is 0.159. The zero-order valence-corrected chi connectivity index (χ0v) is 10.2. The molecule has 0 N–H and O–H groups in total. The zero-order chi connectivity index (χ0) is 8.82. The second-order valence-corrected chi connectivity index (χ2v) is 13.2. The van der Waals surface area contributed by atoms with Crippen LogP contribution < -0.4 is 0 Å². The first kappa shape index (κ1) is 9.63. The third-order valence-corrected chi connectivity index (χ3v) is 9.26. The molecule has 70 valence electrons. The first-order valence-electron chi connectivity index (χ1n) is 4.60. The van der Waals surface area contributed by atoms with Crippen LogP contribution in [0.15, 0.2) is 0 Å². The van der Waals surface area contributed by atoms with Gasteiger partial charge in [0, 0.05) is 5.04 Å². The summed E-state index contributed by atoms with van der Waals surface area (Å²) in [5, 5.41) is 0.159. The van der Waals surface area contributed by atoms with E-state index in [1.807, 2.05) is 0 Å². The molecular formula is C8H13Cl3Si. The van der Waals surface area contributed by atoms with Gasteiger partial charge in [0.05, 0.1) is 0 Å². The third kappa shape index (κ3) is 1.43. The highest BCUT2D eigenvalue weighted by Crippen LogP contribution is 2.63. The van der Waals surface area contributed by atoms with Gasteiger partial charge in [-0.15, -0.1) is 33.2 Å². The lowest BCUT2D eigenvalue weighted by Crippen LogP contribution is -2.41. The Hall–Kier alpha value is 1.09. The van der Waals surface area contributed by atoms with Crippen molar-refractivity contribution in [3.63, 3.8) is 0 Å². The van der Waals surface area contributed by atoms with Crippen LogP contribution in [0.3, 0.4) is 0 Å². The average molecular weight is 244 g/mol. The predicted molar refractivity (Wildman–Crippen MR) is 57.2 cm³/mol. The summed E-state index contributed by atoms with van der Waals surface area (Å²) in [6, 6.07) is -2.45. The zero-order valence-electron chi connectivity index (χ0n) is 6.95. The Labute approximate surface area is 88.7 Å². The number of fused-ring (bicyclic) bond motifs is 3. The van der Waals surface area contributed by atoms with E-state index in [4.69, 9.17) is 33.2 Å². The Bertz CT molecular complexity index is 165. The molecule has 12 heavy (non-hydrogen) atoms. The van der Waals surface area contributed by atoms with Crippen molar-refractivity contribution in [1.82, 2.24) is 0 Å². The molecular weight excluding hydrogens is 231 g/mol. The fraction of sp³-hybridized carbons (Fsp3) is 1.00. The van der Waals surface area contributed by atoms with Gasteiger partial charge < -0.3 is 0 Å². The summed E-state index contributed by atoms with van der Waals surface area (Å²) in [5.74, 6) is 0.952. The number of rotatable bonds is 1. The normalized spacial score (nSPS) is 41.8. The van der Waals surface area contributed by atoms with E-state index in [0.717, 1.165) is 5.92 Å². The van der Waals surface area contributed by atoms with Gasteiger partial charge in [-0.1, -0.05) is 19.3 Å². The quantitative estimate of drug-likeness (QED) is 0.474. The first-order chi connectivity index (χ1) is 5.54. The molecule has 0 unspecified atom stereocenters. The van der Waals surface area contributed by atoms with Crippen LogP contribution in [0.1, 0.15) is 38.5 Å². The largest absolute Gasteiger partial charge is 0.347 e. The minimum atomic E-state index is -2.45. The van der Waals surface area contributed by atoms with Gasteiger partial charge in [-0.05, 0) is 25.2 Å². The van der Waals surface area contributed by atoms with Crippen molar-refractivity contribution in [3.8, 4) is 0 Å². The fourth-order valence-corrected chi connectivity index (χ4v) is 6.51. The van der Waals surface area contributed by atoms with Crippen LogP contribution in [-0.4, -0.2) is 6.00 Å². The standard InChI is InChI=1S/C8H13Cl3Si/c9-12(10,11)8-4-1-7(2-5-8)3-6-8/h7H,1-6H2. The molecule has 0 aliphatic heterocycles. The summed E-state index contributed by atoms with van der Waals surface area (Å²) >= 11 is 18.5. The highest BCUT2D eigenvalue weighted by atomic mass is 35.8. The van der Waals surface area contributed by atoms with E-state index in [1.165, 1.54) is 38.5 Å². The lowest BCUT2D eigenvalue weighted by molar-refractivity contribution is 0.187. The molecule has 0 radical (unpaired) electrons. The van der Waals surface area contributed by atoms with Gasteiger partial charge >= 0.3 is 6.00 Å². The van der Waals surface area contributed by atoms with Gasteiger partial charge in [0.15, 0.2) is 0 Å². The van der Waals surface area contributed by atoms with Gasteiger partial charge in [0.1, 0.15) is 0 Å². The van der Waals surface area contributed by atoms with Crippen LogP contribution in [0.4, 0.5) is 0 Å². The molecule has 3 rings (SSSR count). The maximum atomic E-state index is 6.16. The summed E-state index contributed by atoms with van der Waals surface area (Å²) in [4.78, 5) is 0. The molecule has 0 amide bonds. The van der Waals surface area contributed by atoms with Crippen LogP contribution in [0, 0.1) is 5.92 Å². The van der Waals surface area contributed by atoms with Crippen molar-refractivity contribution in [2.45, 2.75) is 43.6 Å². The second-order valence-electron chi connectivity index (χ2n) is 4.26. The van der Waals surface area contributed by atoms with Crippen LogP contribution in [0.2, 0.25) is 5.04 Å². The van der Waals surface area contributed by atoms with E-state index < -0.39 is 6.00 Å². The number of hydrogen-bond acceptors (Lipinski definition) is 0. The highest BCUT2D eigenvalue weighted by Gasteiger charge is 2.54. The minimum Gasteiger partial charge on any atom is -0.125 e. The highest BCUT2D eigenvalue weighted by molar-refractivity contribution is 7.65. The number of halogens is 3. The van der Waals surface area contributed by atoms with E-state index in [9.17, 15) is 0 Å². The van der Waals surface area contributed by atoms with E-state index in [-0.39, 0.29) is 5.04 Å². The van der Waals surface area contributed by atoms with Gasteiger partial charge in [-0.2, -0.15) is 0 Å². The molecule has 0 aromatic heterocycles. The summed E-state index contributed by atoms with van der Waals surface area (Å²) in [6.45, 7) is 0. The second kappa shape index (κ2) is 3.05. The lowest BCUT2D eigenvalue weighted by atomic mass is 9.70. The number of hydrogen-bond donors (Lipinski definition) is 0. The van der Waals surface area contributed by atoms with Crippen LogP contribution in [0.5, 0.6) is 0 Å². The molecule has 0 saturated heterocycles. The summed E-state index contributed by atoms with van der Waals surface area (Å²) in [7, 11) is 0. The maximum Gasteiger partial charge on any atom is 0.347 e. The molecule has 3 aliphatic rings. The molecule has 3 fully saturated rings. The summed E-state index contributed by atoms with van der Waals surface area (Å²) < 4.78 is 0. The van der Waals surface area contributed by atoms with Crippen LogP contribution in [0.25, 0.3) is 0 Å². The molecule has 0 atom stereocenters. The Balaban J connectivity index is 2.19. The van der Waals surface area contributed by atoms with E-state index in [2.05, 4.69) is 0 Å². The topological polar surface area (TPSA) is 0 Å². The molecule has 3 aliphatic carbocycles. The van der Waals surface area contributed by atoms with Crippen molar-refractivity contribution >= 4 is 39.2 Å². The molecule has 0 heterocycles. The Kier molecular flexibility index (Phi) is 2.45. The Morgan fingerprint density at radius 2 is 1.33 bits per heavy atom. The smallest absolute Gasteiger partial charge is 0.125 e. The average Bonchev–Trinajstić information content (AvgIpc) is 2.06. The van der Waals surface area contributed by atoms with Gasteiger partial charge in [0.2, 0.25) is 0 Å². The van der Waals surface area contributed by atoms with Gasteiger partial charge in [-0.3, -0.25) is 0 Å².